The number of hydrogen-bond acceptors (Lipinski definition) is 3. The molecule has 0 aliphatic heterocycles. The number of anilines is 2. The highest BCUT2D eigenvalue weighted by Gasteiger charge is 2.08. The van der Waals surface area contributed by atoms with Gasteiger partial charge in [0.05, 0.1) is 6.54 Å². The molecule has 0 unspecified atom stereocenters. The summed E-state index contributed by atoms with van der Waals surface area (Å²) in [6, 6.07) is 12.7. The van der Waals surface area contributed by atoms with Crippen LogP contribution >= 0.6 is 0 Å². The van der Waals surface area contributed by atoms with Crippen LogP contribution in [0.25, 0.3) is 0 Å². The van der Waals surface area contributed by atoms with Gasteiger partial charge >= 0.3 is 0 Å². The molecule has 0 bridgehead atoms. The van der Waals surface area contributed by atoms with Gasteiger partial charge < -0.3 is 16.4 Å². The molecule has 5 heteroatoms. The van der Waals surface area contributed by atoms with E-state index in [2.05, 4.69) is 10.6 Å². The first-order chi connectivity index (χ1) is 10.5. The molecule has 0 radical (unpaired) electrons. The molecule has 0 atom stereocenters. The quantitative estimate of drug-likeness (QED) is 0.810. The largest absolute Gasteiger partial charge is 0.325 e. The van der Waals surface area contributed by atoms with Gasteiger partial charge in [-0.05, 0) is 43.7 Å². The fraction of sp³-hybridized carbons (Fsp3) is 0.176. The van der Waals surface area contributed by atoms with Gasteiger partial charge in [0, 0.05) is 16.9 Å². The second-order valence-corrected chi connectivity index (χ2v) is 5.11. The summed E-state index contributed by atoms with van der Waals surface area (Å²) in [6.45, 7) is 3.72. The highest BCUT2D eigenvalue weighted by atomic mass is 16.2. The van der Waals surface area contributed by atoms with Crippen LogP contribution in [-0.4, -0.2) is 18.4 Å². The maximum absolute atomic E-state index is 12.2. The molecule has 0 saturated heterocycles. The molecule has 0 aromatic heterocycles. The summed E-state index contributed by atoms with van der Waals surface area (Å²) in [5, 5.41) is 5.53. The van der Waals surface area contributed by atoms with E-state index >= 15 is 0 Å². The normalized spacial score (nSPS) is 10.1. The van der Waals surface area contributed by atoms with Crippen molar-refractivity contribution in [2.75, 3.05) is 17.2 Å². The smallest absolute Gasteiger partial charge is 0.255 e. The molecule has 0 spiro atoms. The van der Waals surface area contributed by atoms with Gasteiger partial charge in [-0.1, -0.05) is 23.8 Å². The monoisotopic (exact) mass is 297 g/mol. The third kappa shape index (κ3) is 3.93. The molecule has 22 heavy (non-hydrogen) atoms. The molecule has 0 heterocycles. The molecule has 2 amide bonds. The van der Waals surface area contributed by atoms with Crippen LogP contribution in [0.15, 0.2) is 42.5 Å². The zero-order valence-electron chi connectivity index (χ0n) is 12.6. The molecule has 2 aromatic carbocycles. The minimum Gasteiger partial charge on any atom is -0.325 e. The molecular weight excluding hydrogens is 278 g/mol. The fourth-order valence-electron chi connectivity index (χ4n) is 2.03. The maximum Gasteiger partial charge on any atom is 0.255 e. The second kappa shape index (κ2) is 6.87. The Hall–Kier alpha value is -2.66. The second-order valence-electron chi connectivity index (χ2n) is 5.11. The Morgan fingerprint density at radius 3 is 2.50 bits per heavy atom. The standard InChI is InChI=1S/C17H19N3O2/c1-11-4-3-5-13(8-11)17(22)19-14-7-6-12(2)15(9-14)20-16(21)10-18/h3-9H,10,18H2,1-2H3,(H,19,22)(H,20,21). The number of nitrogens with one attached hydrogen (secondary N) is 2. The number of benzene rings is 2. The van der Waals surface area contributed by atoms with E-state index in [0.29, 0.717) is 16.9 Å². The van der Waals surface area contributed by atoms with Crippen LogP contribution in [0.3, 0.4) is 0 Å². The van der Waals surface area contributed by atoms with Crippen molar-refractivity contribution < 1.29 is 9.59 Å². The number of aryl methyl sites for hydroxylation is 2. The Bertz CT molecular complexity index is 711. The average molecular weight is 297 g/mol. The van der Waals surface area contributed by atoms with E-state index in [1.54, 1.807) is 18.2 Å². The summed E-state index contributed by atoms with van der Waals surface area (Å²) in [6.07, 6.45) is 0. The van der Waals surface area contributed by atoms with Crippen molar-refractivity contribution in [3.63, 3.8) is 0 Å². The number of nitrogens with two attached hydrogens (primary N) is 1. The highest BCUT2D eigenvalue weighted by Crippen LogP contribution is 2.21. The zero-order valence-corrected chi connectivity index (χ0v) is 12.6. The Kier molecular flexibility index (Phi) is 4.91. The molecule has 5 nitrogen and oxygen atoms in total. The maximum atomic E-state index is 12.2. The Labute approximate surface area is 129 Å². The molecule has 114 valence electrons. The van der Waals surface area contributed by atoms with Crippen molar-refractivity contribution in [2.45, 2.75) is 13.8 Å². The lowest BCUT2D eigenvalue weighted by molar-refractivity contribution is -0.114. The lowest BCUT2D eigenvalue weighted by Crippen LogP contribution is -2.22. The summed E-state index contributed by atoms with van der Waals surface area (Å²) in [4.78, 5) is 23.6. The predicted molar refractivity (Wildman–Crippen MR) is 88.0 cm³/mol. The van der Waals surface area contributed by atoms with E-state index in [1.807, 2.05) is 38.1 Å². The summed E-state index contributed by atoms with van der Waals surface area (Å²) in [7, 11) is 0. The molecule has 4 N–H and O–H groups in total. The minimum absolute atomic E-state index is 0.0840. The van der Waals surface area contributed by atoms with E-state index in [1.165, 1.54) is 0 Å². The number of carbonyl (C=O) groups is 2. The number of hydrogen-bond donors (Lipinski definition) is 3. The van der Waals surface area contributed by atoms with Gasteiger partial charge in [0.1, 0.15) is 0 Å². The van der Waals surface area contributed by atoms with Gasteiger partial charge in [0.25, 0.3) is 5.91 Å². The van der Waals surface area contributed by atoms with Crippen LogP contribution < -0.4 is 16.4 Å². The van der Waals surface area contributed by atoms with Gasteiger partial charge in [0.2, 0.25) is 5.91 Å². The molecular formula is C17H19N3O2. The first kappa shape index (κ1) is 15.7. The van der Waals surface area contributed by atoms with Gasteiger partial charge in [-0.25, -0.2) is 0 Å². The first-order valence-electron chi connectivity index (χ1n) is 6.98. The molecule has 0 aliphatic carbocycles. The topological polar surface area (TPSA) is 84.2 Å². The zero-order chi connectivity index (χ0) is 16.1. The van der Waals surface area contributed by atoms with E-state index in [0.717, 1.165) is 11.1 Å². The first-order valence-corrected chi connectivity index (χ1v) is 6.98. The van der Waals surface area contributed by atoms with Crippen LogP contribution in [0.2, 0.25) is 0 Å². The van der Waals surface area contributed by atoms with Crippen LogP contribution in [0.4, 0.5) is 11.4 Å². The molecule has 2 rings (SSSR count). The fourth-order valence-corrected chi connectivity index (χ4v) is 2.03. The Morgan fingerprint density at radius 1 is 1.05 bits per heavy atom. The van der Waals surface area contributed by atoms with Crippen molar-refractivity contribution in [1.29, 1.82) is 0 Å². The predicted octanol–water partition coefficient (Wildman–Crippen LogP) is 2.45. The number of amides is 2. The van der Waals surface area contributed by atoms with Gasteiger partial charge in [-0.2, -0.15) is 0 Å². The van der Waals surface area contributed by atoms with E-state index in [9.17, 15) is 9.59 Å². The van der Waals surface area contributed by atoms with Crippen molar-refractivity contribution in [2.24, 2.45) is 5.73 Å². The molecule has 0 aliphatic rings. The highest BCUT2D eigenvalue weighted by molar-refractivity contribution is 6.05. The third-order valence-electron chi connectivity index (χ3n) is 3.24. The average Bonchev–Trinajstić information content (AvgIpc) is 2.50. The lowest BCUT2D eigenvalue weighted by Gasteiger charge is -2.11. The van der Waals surface area contributed by atoms with Crippen LogP contribution in [0, 0.1) is 13.8 Å². The van der Waals surface area contributed by atoms with Crippen LogP contribution in [0.5, 0.6) is 0 Å². The molecule has 0 fully saturated rings. The van der Waals surface area contributed by atoms with Crippen molar-refractivity contribution in [3.8, 4) is 0 Å². The van der Waals surface area contributed by atoms with E-state index in [-0.39, 0.29) is 18.4 Å². The number of rotatable bonds is 4. The van der Waals surface area contributed by atoms with Gasteiger partial charge in [-0.15, -0.1) is 0 Å². The Morgan fingerprint density at radius 2 is 1.82 bits per heavy atom. The van der Waals surface area contributed by atoms with Crippen molar-refractivity contribution >= 4 is 23.2 Å². The summed E-state index contributed by atoms with van der Waals surface area (Å²) in [5.41, 5.74) is 9.06. The summed E-state index contributed by atoms with van der Waals surface area (Å²) < 4.78 is 0. The van der Waals surface area contributed by atoms with Crippen molar-refractivity contribution in [1.82, 2.24) is 0 Å². The van der Waals surface area contributed by atoms with Crippen LogP contribution in [0.1, 0.15) is 21.5 Å². The van der Waals surface area contributed by atoms with E-state index < -0.39 is 0 Å². The third-order valence-corrected chi connectivity index (χ3v) is 3.24. The summed E-state index contributed by atoms with van der Waals surface area (Å²) in [5.74, 6) is -0.464. The Balaban J connectivity index is 2.17. The van der Waals surface area contributed by atoms with E-state index in [4.69, 9.17) is 5.73 Å². The summed E-state index contributed by atoms with van der Waals surface area (Å²) >= 11 is 0. The van der Waals surface area contributed by atoms with Crippen molar-refractivity contribution in [3.05, 3.63) is 59.2 Å². The molecule has 2 aromatic rings. The van der Waals surface area contributed by atoms with Gasteiger partial charge in [0.15, 0.2) is 0 Å². The lowest BCUT2D eigenvalue weighted by atomic mass is 10.1. The SMILES string of the molecule is Cc1cccc(C(=O)Nc2ccc(C)c(NC(=O)CN)c2)c1. The minimum atomic E-state index is -0.273. The van der Waals surface area contributed by atoms with Gasteiger partial charge in [-0.3, -0.25) is 9.59 Å². The number of carbonyl (C=O) groups excluding carboxylic acids is 2. The van der Waals surface area contributed by atoms with Crippen LogP contribution in [-0.2, 0) is 4.79 Å². The molecule has 0 saturated carbocycles.